The van der Waals surface area contributed by atoms with Crippen LogP contribution in [-0.4, -0.2) is 44.4 Å². The van der Waals surface area contributed by atoms with Crippen molar-refractivity contribution in [3.63, 3.8) is 0 Å². The minimum atomic E-state index is -0.479. The fourth-order valence-corrected chi connectivity index (χ4v) is 2.08. The van der Waals surface area contributed by atoms with Gasteiger partial charge >= 0.3 is 6.09 Å². The molecule has 0 atom stereocenters. The third-order valence-corrected chi connectivity index (χ3v) is 3.21. The minimum absolute atomic E-state index is 0.393. The number of alkyl carbamates (subject to hydrolysis) is 1. The predicted molar refractivity (Wildman–Crippen MR) is 105 cm³/mol. The standard InChI is InChI=1S/C19H32N4O3/c1-6-20-17(23-14-15-9-7-10-16(13-15)25-5)21-11-8-12-22-18(24)26-19(2,3)4/h7,9-10,13H,6,8,11-12,14H2,1-5H3,(H,22,24)(H2,20,21,23). The summed E-state index contributed by atoms with van der Waals surface area (Å²) < 4.78 is 10.4. The number of methoxy groups -OCH3 is 1. The lowest BCUT2D eigenvalue weighted by atomic mass is 10.2. The van der Waals surface area contributed by atoms with Crippen molar-refractivity contribution in [3.05, 3.63) is 29.8 Å². The predicted octanol–water partition coefficient (Wildman–Crippen LogP) is 2.67. The van der Waals surface area contributed by atoms with E-state index in [2.05, 4.69) is 20.9 Å². The van der Waals surface area contributed by atoms with Gasteiger partial charge in [-0.15, -0.1) is 0 Å². The number of carbonyl (C=O) groups excluding carboxylic acids is 1. The molecule has 0 aliphatic heterocycles. The van der Waals surface area contributed by atoms with Crippen LogP contribution in [0.3, 0.4) is 0 Å². The summed E-state index contributed by atoms with van der Waals surface area (Å²) in [5.74, 6) is 1.57. The molecule has 7 heteroatoms. The van der Waals surface area contributed by atoms with Crippen LogP contribution in [0.2, 0.25) is 0 Å². The largest absolute Gasteiger partial charge is 0.497 e. The Bertz CT molecular complexity index is 582. The number of nitrogens with one attached hydrogen (secondary N) is 3. The van der Waals surface area contributed by atoms with E-state index in [1.807, 2.05) is 52.0 Å². The van der Waals surface area contributed by atoms with Gasteiger partial charge in [-0.3, -0.25) is 0 Å². The number of guanidine groups is 1. The van der Waals surface area contributed by atoms with Gasteiger partial charge in [0.05, 0.1) is 13.7 Å². The molecule has 0 aliphatic rings. The number of benzene rings is 1. The molecular formula is C19H32N4O3. The van der Waals surface area contributed by atoms with E-state index in [9.17, 15) is 4.79 Å². The van der Waals surface area contributed by atoms with Crippen molar-refractivity contribution >= 4 is 12.1 Å². The van der Waals surface area contributed by atoms with E-state index in [0.29, 0.717) is 19.6 Å². The first kappa shape index (κ1) is 21.6. The first-order valence-corrected chi connectivity index (χ1v) is 8.96. The van der Waals surface area contributed by atoms with Crippen LogP contribution < -0.4 is 20.7 Å². The fourth-order valence-electron chi connectivity index (χ4n) is 2.08. The van der Waals surface area contributed by atoms with E-state index in [1.165, 1.54) is 0 Å². The summed E-state index contributed by atoms with van der Waals surface area (Å²) >= 11 is 0. The van der Waals surface area contributed by atoms with Gasteiger partial charge in [-0.2, -0.15) is 0 Å². The van der Waals surface area contributed by atoms with Crippen LogP contribution in [0.4, 0.5) is 4.79 Å². The number of hydrogen-bond donors (Lipinski definition) is 3. The molecule has 26 heavy (non-hydrogen) atoms. The molecule has 1 aromatic rings. The zero-order chi connectivity index (χ0) is 19.4. The third-order valence-electron chi connectivity index (χ3n) is 3.21. The summed E-state index contributed by atoms with van der Waals surface area (Å²) in [6.07, 6.45) is 0.374. The van der Waals surface area contributed by atoms with Crippen LogP contribution in [0.1, 0.15) is 39.7 Å². The quantitative estimate of drug-likeness (QED) is 0.375. The Labute approximate surface area is 156 Å². The van der Waals surface area contributed by atoms with Crippen LogP contribution in [0.15, 0.2) is 29.3 Å². The maximum absolute atomic E-state index is 11.6. The minimum Gasteiger partial charge on any atom is -0.497 e. The van der Waals surface area contributed by atoms with Crippen molar-refractivity contribution in [2.24, 2.45) is 4.99 Å². The molecule has 1 amide bonds. The number of rotatable bonds is 8. The van der Waals surface area contributed by atoms with Gasteiger partial charge in [0.15, 0.2) is 5.96 Å². The normalized spacial score (nSPS) is 11.7. The van der Waals surface area contributed by atoms with Crippen molar-refractivity contribution in [3.8, 4) is 5.75 Å². The zero-order valence-electron chi connectivity index (χ0n) is 16.5. The monoisotopic (exact) mass is 364 g/mol. The van der Waals surface area contributed by atoms with E-state index >= 15 is 0 Å². The van der Waals surface area contributed by atoms with Crippen molar-refractivity contribution in [1.82, 2.24) is 16.0 Å². The summed E-state index contributed by atoms with van der Waals surface area (Å²) in [5, 5.41) is 9.20. The van der Waals surface area contributed by atoms with Crippen molar-refractivity contribution < 1.29 is 14.3 Å². The highest BCUT2D eigenvalue weighted by Gasteiger charge is 2.15. The van der Waals surface area contributed by atoms with Gasteiger partial charge in [0, 0.05) is 19.6 Å². The second kappa shape index (κ2) is 11.2. The SMILES string of the molecule is CCNC(=NCc1cccc(OC)c1)NCCCNC(=O)OC(C)(C)C. The Morgan fingerprint density at radius 1 is 1.15 bits per heavy atom. The van der Waals surface area contributed by atoms with E-state index < -0.39 is 11.7 Å². The molecule has 0 bridgehead atoms. The van der Waals surface area contributed by atoms with E-state index in [0.717, 1.165) is 30.2 Å². The highest BCUT2D eigenvalue weighted by atomic mass is 16.6. The van der Waals surface area contributed by atoms with Crippen molar-refractivity contribution in [2.75, 3.05) is 26.7 Å². The molecule has 0 saturated carbocycles. The Kier molecular flexibility index (Phi) is 9.33. The van der Waals surface area contributed by atoms with Crippen molar-refractivity contribution in [2.45, 2.75) is 46.3 Å². The molecule has 0 aliphatic carbocycles. The van der Waals surface area contributed by atoms with E-state index in [1.54, 1.807) is 7.11 Å². The van der Waals surface area contributed by atoms with Gasteiger partial charge in [-0.1, -0.05) is 12.1 Å². The number of aliphatic imine (C=N–C) groups is 1. The lowest BCUT2D eigenvalue weighted by molar-refractivity contribution is 0.0527. The topological polar surface area (TPSA) is 84.0 Å². The molecule has 1 rings (SSSR count). The number of carbonyl (C=O) groups is 1. The smallest absolute Gasteiger partial charge is 0.407 e. The molecule has 0 aromatic heterocycles. The van der Waals surface area contributed by atoms with Crippen LogP contribution >= 0.6 is 0 Å². The van der Waals surface area contributed by atoms with Crippen LogP contribution in [0.25, 0.3) is 0 Å². The number of amides is 1. The highest BCUT2D eigenvalue weighted by Crippen LogP contribution is 2.13. The molecule has 0 saturated heterocycles. The molecule has 1 aromatic carbocycles. The Morgan fingerprint density at radius 2 is 1.88 bits per heavy atom. The molecule has 146 valence electrons. The number of ether oxygens (including phenoxy) is 2. The van der Waals surface area contributed by atoms with Crippen LogP contribution in [0.5, 0.6) is 5.75 Å². The maximum Gasteiger partial charge on any atom is 0.407 e. The first-order chi connectivity index (χ1) is 12.3. The molecule has 3 N–H and O–H groups in total. The number of hydrogen-bond acceptors (Lipinski definition) is 4. The second-order valence-corrected chi connectivity index (χ2v) is 6.76. The zero-order valence-corrected chi connectivity index (χ0v) is 16.5. The van der Waals surface area contributed by atoms with Crippen molar-refractivity contribution in [1.29, 1.82) is 0 Å². The second-order valence-electron chi connectivity index (χ2n) is 6.76. The van der Waals surface area contributed by atoms with Gasteiger partial charge in [-0.05, 0) is 51.8 Å². The Balaban J connectivity index is 2.37. The van der Waals surface area contributed by atoms with Gasteiger partial charge < -0.3 is 25.4 Å². The summed E-state index contributed by atoms with van der Waals surface area (Å²) in [6, 6.07) is 7.85. The molecular weight excluding hydrogens is 332 g/mol. The van der Waals surface area contributed by atoms with E-state index in [4.69, 9.17) is 9.47 Å². The third kappa shape index (κ3) is 9.76. The Morgan fingerprint density at radius 3 is 2.54 bits per heavy atom. The van der Waals surface area contributed by atoms with Crippen LogP contribution in [-0.2, 0) is 11.3 Å². The summed E-state index contributed by atoms with van der Waals surface area (Å²) in [7, 11) is 1.65. The fraction of sp³-hybridized carbons (Fsp3) is 0.579. The lowest BCUT2D eigenvalue weighted by Crippen LogP contribution is -2.39. The average Bonchev–Trinajstić information content (AvgIpc) is 2.58. The number of nitrogens with zero attached hydrogens (tertiary/aromatic N) is 1. The van der Waals surface area contributed by atoms with E-state index in [-0.39, 0.29) is 0 Å². The molecule has 0 unspecified atom stereocenters. The molecule has 0 radical (unpaired) electrons. The summed E-state index contributed by atoms with van der Waals surface area (Å²) in [6.45, 7) is 10.1. The average molecular weight is 364 g/mol. The van der Waals surface area contributed by atoms with Crippen LogP contribution in [0, 0.1) is 0 Å². The molecule has 0 spiro atoms. The van der Waals surface area contributed by atoms with Gasteiger partial charge in [0.2, 0.25) is 0 Å². The summed E-state index contributed by atoms with van der Waals surface area (Å²) in [5.41, 5.74) is 0.598. The highest BCUT2D eigenvalue weighted by molar-refractivity contribution is 5.79. The van der Waals surface area contributed by atoms with Gasteiger partial charge in [0.1, 0.15) is 11.4 Å². The van der Waals surface area contributed by atoms with Gasteiger partial charge in [0.25, 0.3) is 0 Å². The molecule has 0 fully saturated rings. The Hall–Kier alpha value is -2.44. The summed E-state index contributed by atoms with van der Waals surface area (Å²) in [4.78, 5) is 16.1. The lowest BCUT2D eigenvalue weighted by Gasteiger charge is -2.19. The maximum atomic E-state index is 11.6. The first-order valence-electron chi connectivity index (χ1n) is 8.96. The van der Waals surface area contributed by atoms with Gasteiger partial charge in [-0.25, -0.2) is 9.79 Å². The molecule has 7 nitrogen and oxygen atoms in total. The molecule has 0 heterocycles.